The van der Waals surface area contributed by atoms with Gasteiger partial charge in [-0.2, -0.15) is 21.9 Å². The molecule has 0 unspecified atom stereocenters. The fourth-order valence-corrected chi connectivity index (χ4v) is 10.1. The van der Waals surface area contributed by atoms with Gasteiger partial charge in [0, 0.05) is 19.4 Å². The zero-order valence-corrected chi connectivity index (χ0v) is 34.2. The Kier molecular flexibility index (Phi) is 13.3. The minimum absolute atomic E-state index is 0.123. The summed E-state index contributed by atoms with van der Waals surface area (Å²) in [6, 6.07) is 68.3. The van der Waals surface area contributed by atoms with E-state index in [1.807, 2.05) is 0 Å². The Labute approximate surface area is 337 Å². The zero-order valence-electron chi connectivity index (χ0n) is 33.4. The van der Waals surface area contributed by atoms with E-state index in [1.54, 1.807) is 0 Å². The largest absolute Gasteiger partial charge is 0.400 e. The Hall–Kier alpha value is -5.81. The third-order valence-electron chi connectivity index (χ3n) is 10.5. The molecule has 0 amide bonds. The van der Waals surface area contributed by atoms with Crippen molar-refractivity contribution in [1.29, 1.82) is 0 Å². The van der Waals surface area contributed by atoms with Crippen molar-refractivity contribution in [1.82, 2.24) is 4.57 Å². The summed E-state index contributed by atoms with van der Waals surface area (Å²) >= 11 is 0. The van der Waals surface area contributed by atoms with Gasteiger partial charge >= 0.3 is 0 Å². The van der Waals surface area contributed by atoms with Crippen LogP contribution in [0.25, 0.3) is 5.69 Å². The number of rotatable bonds is 8. The van der Waals surface area contributed by atoms with E-state index in [1.165, 1.54) is 70.0 Å². The highest BCUT2D eigenvalue weighted by molar-refractivity contribution is 7.97. The number of nitrogens with zero attached hydrogens (tertiary/aromatic N) is 1. The lowest BCUT2D eigenvalue weighted by atomic mass is 9.13. The Bertz CT molecular complexity index is 2180. The van der Waals surface area contributed by atoms with Gasteiger partial charge in [-0.3, -0.25) is 0 Å². The highest BCUT2D eigenvalue weighted by Crippen LogP contribution is 2.33. The van der Waals surface area contributed by atoms with Gasteiger partial charge in [0.1, 0.15) is 17.0 Å². The molecule has 2 nitrogen and oxygen atoms in total. The maximum atomic E-state index is 7.00. The van der Waals surface area contributed by atoms with E-state index < -0.39 is 6.15 Å². The van der Waals surface area contributed by atoms with Crippen LogP contribution in [-0.2, 0) is 10.9 Å². The fourth-order valence-electron chi connectivity index (χ4n) is 8.09. The molecule has 56 heavy (non-hydrogen) atoms. The number of aliphatic hydroxyl groups excluding tert-OH is 1. The second-order valence-corrected chi connectivity index (χ2v) is 16.5. The Morgan fingerprint density at radius 2 is 0.732 bits per heavy atom. The van der Waals surface area contributed by atoms with Gasteiger partial charge in [-0.15, -0.1) is 0 Å². The Balaban J connectivity index is 0.000000184. The lowest BCUT2D eigenvalue weighted by Gasteiger charge is -2.44. The quantitative estimate of drug-likeness (QED) is 0.122. The first kappa shape index (κ1) is 39.9. The lowest BCUT2D eigenvalue weighted by molar-refractivity contribution is 0.399. The van der Waals surface area contributed by atoms with Crippen molar-refractivity contribution in [2.45, 2.75) is 49.3 Å². The van der Waals surface area contributed by atoms with Crippen molar-refractivity contribution in [2.24, 2.45) is 0 Å². The number of aryl methyl sites for hydroxylation is 5. The van der Waals surface area contributed by atoms with Crippen LogP contribution in [0.5, 0.6) is 0 Å². The van der Waals surface area contributed by atoms with Gasteiger partial charge in [0.25, 0.3) is 0 Å². The van der Waals surface area contributed by atoms with Crippen LogP contribution in [0.2, 0.25) is 0 Å². The summed E-state index contributed by atoms with van der Waals surface area (Å²) in [6.07, 6.45) is 3.31. The third kappa shape index (κ3) is 8.68. The van der Waals surface area contributed by atoms with Crippen molar-refractivity contribution >= 4 is 38.9 Å². The summed E-state index contributed by atoms with van der Waals surface area (Å²) in [7, 11) is 0.877. The van der Waals surface area contributed by atoms with E-state index in [-0.39, 0.29) is 10.9 Å². The van der Waals surface area contributed by atoms with E-state index in [9.17, 15) is 0 Å². The number of aliphatic hydroxyl groups is 1. The van der Waals surface area contributed by atoms with Crippen LogP contribution < -0.4 is 21.9 Å². The van der Waals surface area contributed by atoms with Gasteiger partial charge < -0.3 is 9.67 Å². The van der Waals surface area contributed by atoms with Crippen LogP contribution in [0.1, 0.15) is 27.8 Å². The summed E-state index contributed by atoms with van der Waals surface area (Å²) < 4.78 is 2.29. The van der Waals surface area contributed by atoms with Gasteiger partial charge in [0.05, 0.1) is 11.9 Å². The van der Waals surface area contributed by atoms with Crippen LogP contribution in [0.4, 0.5) is 0 Å². The molecule has 7 aromatic carbocycles. The van der Waals surface area contributed by atoms with Crippen molar-refractivity contribution in [3.8, 4) is 5.69 Å². The van der Waals surface area contributed by atoms with E-state index in [0.717, 1.165) is 7.11 Å². The smallest absolute Gasteiger partial charge is 0.184 e. The average Bonchev–Trinajstić information content (AvgIpc) is 3.71. The molecule has 0 radical (unpaired) electrons. The summed E-state index contributed by atoms with van der Waals surface area (Å²) in [6.45, 7) is 10.9. The highest BCUT2D eigenvalue weighted by Gasteiger charge is 2.32. The highest BCUT2D eigenvalue weighted by atomic mass is 32.2. The molecule has 0 spiro atoms. The van der Waals surface area contributed by atoms with Gasteiger partial charge in [-0.25, -0.2) is 0 Å². The molecular formula is C52H52BNOS. The molecular weight excluding hydrogens is 697 g/mol. The van der Waals surface area contributed by atoms with Crippen LogP contribution >= 0.6 is 0 Å². The summed E-state index contributed by atoms with van der Waals surface area (Å²) in [5.41, 5.74) is 13.2. The first-order valence-corrected chi connectivity index (χ1v) is 20.5. The number of hydrogen-bond donors (Lipinski definition) is 1. The second kappa shape index (κ2) is 18.7. The van der Waals surface area contributed by atoms with Gasteiger partial charge in [-0.05, 0) is 70.0 Å². The van der Waals surface area contributed by atoms with Crippen LogP contribution in [0.15, 0.2) is 215 Å². The zero-order chi connectivity index (χ0) is 39.5. The number of benzene rings is 7. The van der Waals surface area contributed by atoms with Crippen molar-refractivity contribution in [2.75, 3.05) is 7.11 Å². The molecule has 280 valence electrons. The molecule has 1 aromatic heterocycles. The Morgan fingerprint density at radius 3 is 1.07 bits per heavy atom. The molecule has 0 saturated heterocycles. The van der Waals surface area contributed by atoms with E-state index >= 15 is 0 Å². The first-order chi connectivity index (χ1) is 27.3. The average molecular weight is 750 g/mol. The van der Waals surface area contributed by atoms with Crippen molar-refractivity contribution in [3.63, 3.8) is 0 Å². The predicted octanol–water partition coefficient (Wildman–Crippen LogP) is 9.79. The molecule has 0 aliphatic rings. The third-order valence-corrected chi connectivity index (χ3v) is 12.7. The van der Waals surface area contributed by atoms with Crippen molar-refractivity contribution in [3.05, 3.63) is 228 Å². The fraction of sp³-hybridized carbons (Fsp3) is 0.115. The SMILES string of the molecule is CO.Cc1ccc([S+](c2ccc(C)cc2)c2ccn(-c3c(C)cc(C)cc3C)c2)cc1.c1ccc([B-](c2ccccc2)(c2ccccc2)c2ccccc2)cc1. The molecule has 0 fully saturated rings. The maximum Gasteiger partial charge on any atom is 0.184 e. The molecule has 8 rings (SSSR count). The first-order valence-electron chi connectivity index (χ1n) is 19.3. The van der Waals surface area contributed by atoms with E-state index in [0.29, 0.717) is 0 Å². The molecule has 0 aliphatic carbocycles. The van der Waals surface area contributed by atoms with Gasteiger partial charge in [0.15, 0.2) is 14.7 Å². The normalized spacial score (nSPS) is 10.9. The molecule has 1 N–H and O–H groups in total. The van der Waals surface area contributed by atoms with Crippen LogP contribution in [-0.4, -0.2) is 22.9 Å². The number of hydrogen-bond acceptors (Lipinski definition) is 1. The topological polar surface area (TPSA) is 25.2 Å². The standard InChI is InChI=1S/C27H28NS.C24H20B.CH4O/c1-19-6-10-24(11-7-19)29(25-12-8-20(2)9-13-25)26-14-15-28(18-26)27-22(4)16-21(3)17-23(27)5;1-5-13-21(14-6-1)25(22-15-7-2-8-16-22,23-17-9-3-10-18-23)24-19-11-4-12-20-24;1-2/h6-18H,1-5H3;1-20H;2H,1H3/q+1;-1;. The van der Waals surface area contributed by atoms with Crippen LogP contribution in [0, 0.1) is 34.6 Å². The summed E-state index contributed by atoms with van der Waals surface area (Å²) in [4.78, 5) is 4.06. The predicted molar refractivity (Wildman–Crippen MR) is 243 cm³/mol. The van der Waals surface area contributed by atoms with E-state index in [4.69, 9.17) is 5.11 Å². The second-order valence-electron chi connectivity index (χ2n) is 14.4. The van der Waals surface area contributed by atoms with Gasteiger partial charge in [0.2, 0.25) is 0 Å². The summed E-state index contributed by atoms with van der Waals surface area (Å²) in [5, 5.41) is 7.00. The maximum absolute atomic E-state index is 7.00. The van der Waals surface area contributed by atoms with Crippen molar-refractivity contribution < 1.29 is 5.11 Å². The Morgan fingerprint density at radius 1 is 0.393 bits per heavy atom. The molecule has 1 heterocycles. The molecule has 0 saturated carbocycles. The monoisotopic (exact) mass is 749 g/mol. The number of aromatic nitrogens is 1. The summed E-state index contributed by atoms with van der Waals surface area (Å²) in [5.74, 6) is 0. The minimum Gasteiger partial charge on any atom is -0.400 e. The minimum atomic E-state index is -1.22. The lowest BCUT2D eigenvalue weighted by Crippen LogP contribution is -2.74. The molecule has 0 atom stereocenters. The van der Waals surface area contributed by atoms with Crippen LogP contribution in [0.3, 0.4) is 0 Å². The molecule has 8 aromatic rings. The van der Waals surface area contributed by atoms with E-state index in [2.05, 4.69) is 240 Å². The van der Waals surface area contributed by atoms with Gasteiger partial charge in [-0.1, -0.05) is 174 Å². The molecule has 4 heteroatoms. The molecule has 0 bridgehead atoms. The molecule has 0 aliphatic heterocycles.